The van der Waals surface area contributed by atoms with Crippen LogP contribution < -0.4 is 0 Å². The van der Waals surface area contributed by atoms with Crippen LogP contribution in [0.5, 0.6) is 0 Å². The number of rotatable bonds is 16. The summed E-state index contributed by atoms with van der Waals surface area (Å²) in [5.74, 6) is -0.156. The van der Waals surface area contributed by atoms with Crippen molar-refractivity contribution in [1.29, 1.82) is 0 Å². The molecule has 0 atom stereocenters. The SMILES string of the molecule is CCCC/C=C/CCCCCCCCCCCCOC(C)=O. The van der Waals surface area contributed by atoms with Crippen LogP contribution >= 0.6 is 0 Å². The lowest BCUT2D eigenvalue weighted by molar-refractivity contribution is -0.141. The summed E-state index contributed by atoms with van der Waals surface area (Å²) in [6, 6.07) is 0. The minimum Gasteiger partial charge on any atom is -0.466 e. The van der Waals surface area contributed by atoms with Crippen LogP contribution in [0.25, 0.3) is 0 Å². The molecule has 0 aliphatic rings. The molecule has 0 amide bonds. The van der Waals surface area contributed by atoms with Crippen molar-refractivity contribution in [2.24, 2.45) is 0 Å². The van der Waals surface area contributed by atoms with Gasteiger partial charge in [0.1, 0.15) is 0 Å². The summed E-state index contributed by atoms with van der Waals surface area (Å²) in [6.45, 7) is 4.32. The van der Waals surface area contributed by atoms with E-state index in [1.807, 2.05) is 0 Å². The summed E-state index contributed by atoms with van der Waals surface area (Å²) >= 11 is 0. The van der Waals surface area contributed by atoms with Crippen LogP contribution in [0.15, 0.2) is 12.2 Å². The van der Waals surface area contributed by atoms with Gasteiger partial charge in [0, 0.05) is 6.92 Å². The minimum atomic E-state index is -0.156. The molecule has 0 rings (SSSR count). The van der Waals surface area contributed by atoms with Gasteiger partial charge in [-0.25, -0.2) is 0 Å². The summed E-state index contributed by atoms with van der Waals surface area (Å²) in [7, 11) is 0. The normalized spacial score (nSPS) is 11.2. The van der Waals surface area contributed by atoms with Crippen molar-refractivity contribution >= 4 is 5.97 Å². The fourth-order valence-electron chi connectivity index (χ4n) is 2.55. The van der Waals surface area contributed by atoms with Gasteiger partial charge in [0.15, 0.2) is 0 Å². The van der Waals surface area contributed by atoms with Crippen molar-refractivity contribution in [1.82, 2.24) is 0 Å². The number of esters is 1. The third kappa shape index (κ3) is 19.2. The van der Waals surface area contributed by atoms with Crippen molar-refractivity contribution in [2.45, 2.75) is 104 Å². The maximum absolute atomic E-state index is 10.6. The van der Waals surface area contributed by atoms with Gasteiger partial charge in [-0.3, -0.25) is 4.79 Å². The standard InChI is InChI=1S/C20H38O2/c1-3-4-5-6-7-8-9-10-11-12-13-14-15-16-17-18-19-22-20(2)21/h6-7H,3-5,8-19H2,1-2H3/b7-6+. The summed E-state index contributed by atoms with van der Waals surface area (Å²) in [6.07, 6.45) is 23.0. The first-order valence-corrected chi connectivity index (χ1v) is 9.55. The van der Waals surface area contributed by atoms with Gasteiger partial charge < -0.3 is 4.74 Å². The van der Waals surface area contributed by atoms with E-state index in [-0.39, 0.29) is 5.97 Å². The van der Waals surface area contributed by atoms with E-state index in [1.165, 1.54) is 90.4 Å². The molecule has 0 spiro atoms. The molecular formula is C20H38O2. The second-order valence-electron chi connectivity index (χ2n) is 6.28. The molecular weight excluding hydrogens is 272 g/mol. The number of carbonyl (C=O) groups excluding carboxylic acids is 1. The minimum absolute atomic E-state index is 0.156. The number of ether oxygens (including phenoxy) is 1. The highest BCUT2D eigenvalue weighted by atomic mass is 16.5. The first-order chi connectivity index (χ1) is 10.8. The summed E-state index contributed by atoms with van der Waals surface area (Å²) < 4.78 is 4.92. The summed E-state index contributed by atoms with van der Waals surface area (Å²) in [4.78, 5) is 10.6. The Morgan fingerprint density at radius 1 is 0.727 bits per heavy atom. The van der Waals surface area contributed by atoms with Crippen LogP contribution in [0.4, 0.5) is 0 Å². The Balaban J connectivity index is 3.02. The van der Waals surface area contributed by atoms with Gasteiger partial charge in [0.05, 0.1) is 6.61 Å². The Kier molecular flexibility index (Phi) is 17.6. The van der Waals surface area contributed by atoms with Gasteiger partial charge in [-0.1, -0.05) is 83.3 Å². The lowest BCUT2D eigenvalue weighted by Crippen LogP contribution is -2.00. The van der Waals surface area contributed by atoms with Crippen molar-refractivity contribution in [3.8, 4) is 0 Å². The van der Waals surface area contributed by atoms with E-state index >= 15 is 0 Å². The Labute approximate surface area is 138 Å². The van der Waals surface area contributed by atoms with E-state index in [0.717, 1.165) is 6.42 Å². The molecule has 2 nitrogen and oxygen atoms in total. The van der Waals surface area contributed by atoms with Crippen LogP contribution in [-0.4, -0.2) is 12.6 Å². The third-order valence-corrected chi connectivity index (χ3v) is 3.96. The molecule has 0 unspecified atom stereocenters. The van der Waals surface area contributed by atoms with E-state index in [1.54, 1.807) is 0 Å². The molecule has 0 saturated carbocycles. The van der Waals surface area contributed by atoms with Gasteiger partial charge in [0.25, 0.3) is 0 Å². The van der Waals surface area contributed by atoms with E-state index < -0.39 is 0 Å². The zero-order valence-corrected chi connectivity index (χ0v) is 15.1. The second-order valence-corrected chi connectivity index (χ2v) is 6.28. The second kappa shape index (κ2) is 18.3. The van der Waals surface area contributed by atoms with Crippen LogP contribution in [0.3, 0.4) is 0 Å². The third-order valence-electron chi connectivity index (χ3n) is 3.96. The average Bonchev–Trinajstić information content (AvgIpc) is 2.50. The number of hydrogen-bond donors (Lipinski definition) is 0. The van der Waals surface area contributed by atoms with E-state index in [2.05, 4.69) is 19.1 Å². The molecule has 0 bridgehead atoms. The molecule has 0 saturated heterocycles. The highest BCUT2D eigenvalue weighted by Crippen LogP contribution is 2.11. The Bertz CT molecular complexity index is 258. The molecule has 0 radical (unpaired) electrons. The van der Waals surface area contributed by atoms with Gasteiger partial charge in [-0.15, -0.1) is 0 Å². The molecule has 0 fully saturated rings. The molecule has 0 aliphatic carbocycles. The largest absolute Gasteiger partial charge is 0.466 e. The average molecular weight is 311 g/mol. The van der Waals surface area contributed by atoms with Crippen LogP contribution in [0.2, 0.25) is 0 Å². The van der Waals surface area contributed by atoms with E-state index in [9.17, 15) is 4.79 Å². The van der Waals surface area contributed by atoms with Crippen molar-refractivity contribution in [2.75, 3.05) is 6.61 Å². The van der Waals surface area contributed by atoms with Crippen LogP contribution in [0.1, 0.15) is 104 Å². The number of carbonyl (C=O) groups is 1. The van der Waals surface area contributed by atoms with Gasteiger partial charge in [0.2, 0.25) is 0 Å². The molecule has 0 aromatic carbocycles. The maximum atomic E-state index is 10.6. The molecule has 2 heteroatoms. The highest BCUT2D eigenvalue weighted by Gasteiger charge is 1.95. The van der Waals surface area contributed by atoms with Gasteiger partial charge >= 0.3 is 5.97 Å². The summed E-state index contributed by atoms with van der Waals surface area (Å²) in [5.41, 5.74) is 0. The molecule has 22 heavy (non-hydrogen) atoms. The zero-order chi connectivity index (χ0) is 16.3. The fourth-order valence-corrected chi connectivity index (χ4v) is 2.55. The van der Waals surface area contributed by atoms with Crippen LogP contribution in [-0.2, 0) is 9.53 Å². The highest BCUT2D eigenvalue weighted by molar-refractivity contribution is 5.65. The molecule has 0 heterocycles. The monoisotopic (exact) mass is 310 g/mol. The first kappa shape index (κ1) is 21.2. The van der Waals surface area contributed by atoms with Crippen molar-refractivity contribution < 1.29 is 9.53 Å². The van der Waals surface area contributed by atoms with Gasteiger partial charge in [-0.05, 0) is 25.7 Å². The lowest BCUT2D eigenvalue weighted by atomic mass is 10.1. The number of unbranched alkanes of at least 4 members (excludes halogenated alkanes) is 12. The predicted octanol–water partition coefficient (Wildman–Crippen LogP) is 6.59. The van der Waals surface area contributed by atoms with Crippen molar-refractivity contribution in [3.63, 3.8) is 0 Å². The first-order valence-electron chi connectivity index (χ1n) is 9.55. The molecule has 0 aromatic rings. The quantitative estimate of drug-likeness (QED) is 0.183. The summed E-state index contributed by atoms with van der Waals surface area (Å²) in [5, 5.41) is 0. The smallest absolute Gasteiger partial charge is 0.302 e. The van der Waals surface area contributed by atoms with E-state index in [4.69, 9.17) is 4.74 Å². The van der Waals surface area contributed by atoms with E-state index in [0.29, 0.717) is 6.61 Å². The molecule has 0 N–H and O–H groups in total. The molecule has 0 aromatic heterocycles. The topological polar surface area (TPSA) is 26.3 Å². The maximum Gasteiger partial charge on any atom is 0.302 e. The number of hydrogen-bond acceptors (Lipinski definition) is 2. The zero-order valence-electron chi connectivity index (χ0n) is 15.1. The van der Waals surface area contributed by atoms with Crippen molar-refractivity contribution in [3.05, 3.63) is 12.2 Å². The molecule has 0 aliphatic heterocycles. The predicted molar refractivity (Wildman–Crippen MR) is 96.1 cm³/mol. The fraction of sp³-hybridized carbons (Fsp3) is 0.850. The van der Waals surface area contributed by atoms with Gasteiger partial charge in [-0.2, -0.15) is 0 Å². The Morgan fingerprint density at radius 2 is 1.18 bits per heavy atom. The number of allylic oxidation sites excluding steroid dienone is 2. The lowest BCUT2D eigenvalue weighted by Gasteiger charge is -2.03. The van der Waals surface area contributed by atoms with Crippen LogP contribution in [0, 0.1) is 0 Å². The Hall–Kier alpha value is -0.790. The Morgan fingerprint density at radius 3 is 1.68 bits per heavy atom. The molecule has 130 valence electrons.